The van der Waals surface area contributed by atoms with Crippen molar-refractivity contribution in [3.63, 3.8) is 0 Å². The number of nitrogens with one attached hydrogen (secondary N) is 1. The SMILES string of the molecule is Cc1ccc(N(CC(=O)Nc2cccc(C#N)c2)S(=O)(=O)c2ccc(Cl)c([N+](=O)[O-])c2)c(C)c1. The van der Waals surface area contributed by atoms with E-state index in [4.69, 9.17) is 16.9 Å². The summed E-state index contributed by atoms with van der Waals surface area (Å²) in [7, 11) is -4.41. The molecule has 9 nitrogen and oxygen atoms in total. The van der Waals surface area contributed by atoms with E-state index in [1.807, 2.05) is 13.0 Å². The van der Waals surface area contributed by atoms with Gasteiger partial charge in [-0.25, -0.2) is 8.42 Å². The molecule has 1 N–H and O–H groups in total. The van der Waals surface area contributed by atoms with Gasteiger partial charge in [0.2, 0.25) is 5.91 Å². The summed E-state index contributed by atoms with van der Waals surface area (Å²) >= 11 is 5.84. The maximum Gasteiger partial charge on any atom is 0.289 e. The van der Waals surface area contributed by atoms with Crippen LogP contribution in [0.25, 0.3) is 0 Å². The number of carbonyl (C=O) groups excluding carboxylic acids is 1. The van der Waals surface area contributed by atoms with Crippen LogP contribution in [0.15, 0.2) is 65.6 Å². The summed E-state index contributed by atoms with van der Waals surface area (Å²) in [6, 6.07) is 16.3. The van der Waals surface area contributed by atoms with Gasteiger partial charge in [0.05, 0.1) is 27.1 Å². The van der Waals surface area contributed by atoms with Crippen LogP contribution in [0.1, 0.15) is 16.7 Å². The number of sulfonamides is 1. The summed E-state index contributed by atoms with van der Waals surface area (Å²) in [4.78, 5) is 23.0. The maximum atomic E-state index is 13.6. The highest BCUT2D eigenvalue weighted by Crippen LogP contribution is 2.32. The molecule has 0 aliphatic carbocycles. The van der Waals surface area contributed by atoms with Gasteiger partial charge in [0.15, 0.2) is 0 Å². The first-order valence-corrected chi connectivity index (χ1v) is 11.7. The normalized spacial score (nSPS) is 10.9. The first-order chi connectivity index (χ1) is 16.0. The number of amides is 1. The van der Waals surface area contributed by atoms with E-state index < -0.39 is 33.1 Å². The number of rotatable bonds is 7. The summed E-state index contributed by atoms with van der Waals surface area (Å²) in [5.74, 6) is -0.665. The number of carbonyl (C=O) groups is 1. The predicted octanol–water partition coefficient (Wildman–Crippen LogP) is 4.57. The van der Waals surface area contributed by atoms with Crippen molar-refractivity contribution in [1.82, 2.24) is 0 Å². The van der Waals surface area contributed by atoms with Crippen molar-refractivity contribution >= 4 is 44.6 Å². The fourth-order valence-corrected chi connectivity index (χ4v) is 4.99. The summed E-state index contributed by atoms with van der Waals surface area (Å²) in [5, 5.41) is 22.7. The highest BCUT2D eigenvalue weighted by Gasteiger charge is 2.30. The summed E-state index contributed by atoms with van der Waals surface area (Å²) in [6.07, 6.45) is 0. The number of benzene rings is 3. The minimum atomic E-state index is -4.41. The Bertz CT molecular complexity index is 1430. The van der Waals surface area contributed by atoms with Crippen LogP contribution in [-0.4, -0.2) is 25.8 Å². The Kier molecular flexibility index (Phi) is 7.20. The van der Waals surface area contributed by atoms with Crippen molar-refractivity contribution in [2.24, 2.45) is 0 Å². The van der Waals surface area contributed by atoms with Gasteiger partial charge in [0, 0.05) is 11.8 Å². The highest BCUT2D eigenvalue weighted by molar-refractivity contribution is 7.92. The molecule has 0 saturated heterocycles. The van der Waals surface area contributed by atoms with E-state index in [1.54, 1.807) is 43.3 Å². The minimum Gasteiger partial charge on any atom is -0.324 e. The number of halogens is 1. The van der Waals surface area contributed by atoms with Crippen LogP contribution >= 0.6 is 11.6 Å². The molecule has 0 bridgehead atoms. The summed E-state index contributed by atoms with van der Waals surface area (Å²) in [6.45, 7) is 2.93. The molecule has 0 aromatic heterocycles. The van der Waals surface area contributed by atoms with Gasteiger partial charge in [-0.3, -0.25) is 19.2 Å². The van der Waals surface area contributed by atoms with E-state index >= 15 is 0 Å². The predicted molar refractivity (Wildman–Crippen MR) is 128 cm³/mol. The molecule has 0 fully saturated rings. The average molecular weight is 499 g/mol. The van der Waals surface area contributed by atoms with Gasteiger partial charge in [-0.1, -0.05) is 35.4 Å². The molecule has 3 aromatic carbocycles. The van der Waals surface area contributed by atoms with E-state index in [9.17, 15) is 23.3 Å². The standard InChI is InChI=1S/C23H19ClN4O5S/c1-15-6-9-21(16(2)10-15)27(14-23(29)26-18-5-3-4-17(11-18)13-25)34(32,33)19-7-8-20(24)22(12-19)28(30)31/h3-12H,14H2,1-2H3,(H,26,29). The Morgan fingerprint density at radius 1 is 1.15 bits per heavy atom. The van der Waals surface area contributed by atoms with Gasteiger partial charge in [-0.2, -0.15) is 5.26 Å². The lowest BCUT2D eigenvalue weighted by molar-refractivity contribution is -0.384. The fraction of sp³-hybridized carbons (Fsp3) is 0.130. The van der Waals surface area contributed by atoms with Crippen LogP contribution in [0.3, 0.4) is 0 Å². The zero-order chi connectivity index (χ0) is 25.0. The molecule has 0 spiro atoms. The zero-order valence-electron chi connectivity index (χ0n) is 18.1. The van der Waals surface area contributed by atoms with Crippen molar-refractivity contribution in [2.75, 3.05) is 16.2 Å². The van der Waals surface area contributed by atoms with Gasteiger partial charge < -0.3 is 5.32 Å². The molecule has 3 aromatic rings. The molecule has 0 radical (unpaired) electrons. The van der Waals surface area contributed by atoms with Crippen LogP contribution < -0.4 is 9.62 Å². The van der Waals surface area contributed by atoms with Crippen LogP contribution in [0, 0.1) is 35.3 Å². The zero-order valence-corrected chi connectivity index (χ0v) is 19.7. The summed E-state index contributed by atoms with van der Waals surface area (Å²) < 4.78 is 28.1. The van der Waals surface area contributed by atoms with Crippen LogP contribution in [0.2, 0.25) is 5.02 Å². The number of nitrogens with zero attached hydrogens (tertiary/aromatic N) is 3. The third kappa shape index (κ3) is 5.33. The Labute approximate surface area is 201 Å². The van der Waals surface area contributed by atoms with Gasteiger partial charge in [-0.05, 0) is 55.8 Å². The second kappa shape index (κ2) is 9.91. The second-order valence-corrected chi connectivity index (χ2v) is 9.68. The van der Waals surface area contributed by atoms with Crippen LogP contribution in [0.5, 0.6) is 0 Å². The number of aryl methyl sites for hydroxylation is 2. The van der Waals surface area contributed by atoms with E-state index in [-0.39, 0.29) is 15.6 Å². The molecule has 0 heterocycles. The van der Waals surface area contributed by atoms with E-state index in [1.165, 1.54) is 6.07 Å². The van der Waals surface area contributed by atoms with Crippen molar-refractivity contribution in [3.8, 4) is 6.07 Å². The quantitative estimate of drug-likeness (QED) is 0.374. The molecule has 174 valence electrons. The number of nitriles is 1. The van der Waals surface area contributed by atoms with Crippen LogP contribution in [0.4, 0.5) is 17.1 Å². The van der Waals surface area contributed by atoms with Gasteiger partial charge in [-0.15, -0.1) is 0 Å². The van der Waals surface area contributed by atoms with Crippen molar-refractivity contribution < 1.29 is 18.1 Å². The van der Waals surface area contributed by atoms with Crippen molar-refractivity contribution in [2.45, 2.75) is 18.7 Å². The molecule has 34 heavy (non-hydrogen) atoms. The average Bonchev–Trinajstić information content (AvgIpc) is 2.78. The maximum absolute atomic E-state index is 13.6. The third-order valence-electron chi connectivity index (χ3n) is 4.89. The van der Waals surface area contributed by atoms with Crippen molar-refractivity contribution in [3.05, 3.63) is 92.5 Å². The summed E-state index contributed by atoms with van der Waals surface area (Å²) in [5.41, 5.74) is 1.80. The van der Waals surface area contributed by atoms with Gasteiger partial charge in [0.25, 0.3) is 15.7 Å². The van der Waals surface area contributed by atoms with E-state index in [2.05, 4.69) is 5.32 Å². The second-order valence-electron chi connectivity index (χ2n) is 7.41. The van der Waals surface area contributed by atoms with Gasteiger partial charge in [0.1, 0.15) is 11.6 Å². The molecule has 11 heteroatoms. The lowest BCUT2D eigenvalue weighted by Gasteiger charge is -2.26. The molecule has 0 aliphatic rings. The lowest BCUT2D eigenvalue weighted by atomic mass is 10.1. The number of nitro groups is 1. The Morgan fingerprint density at radius 3 is 2.53 bits per heavy atom. The monoisotopic (exact) mass is 498 g/mol. The fourth-order valence-electron chi connectivity index (χ4n) is 3.30. The topological polar surface area (TPSA) is 133 Å². The molecule has 0 aliphatic heterocycles. The molecule has 3 rings (SSSR count). The largest absolute Gasteiger partial charge is 0.324 e. The number of anilines is 2. The Hall–Kier alpha value is -3.94. The molecule has 1 amide bonds. The molecule has 0 saturated carbocycles. The number of hydrogen-bond acceptors (Lipinski definition) is 6. The van der Waals surface area contributed by atoms with Crippen molar-refractivity contribution in [1.29, 1.82) is 5.26 Å². The smallest absolute Gasteiger partial charge is 0.289 e. The number of nitro benzene ring substituents is 1. The molecule has 0 atom stereocenters. The first kappa shape index (κ1) is 24.7. The number of hydrogen-bond donors (Lipinski definition) is 1. The molecular weight excluding hydrogens is 480 g/mol. The Balaban J connectivity index is 2.05. The minimum absolute atomic E-state index is 0.211. The van der Waals surface area contributed by atoms with E-state index in [0.29, 0.717) is 16.8 Å². The van der Waals surface area contributed by atoms with E-state index in [0.717, 1.165) is 28.1 Å². The lowest BCUT2D eigenvalue weighted by Crippen LogP contribution is -2.38. The first-order valence-electron chi connectivity index (χ1n) is 9.87. The Morgan fingerprint density at radius 2 is 1.88 bits per heavy atom. The van der Waals surface area contributed by atoms with Crippen LogP contribution in [-0.2, 0) is 14.8 Å². The third-order valence-corrected chi connectivity index (χ3v) is 6.96. The highest BCUT2D eigenvalue weighted by atomic mass is 35.5. The molecule has 0 unspecified atom stereocenters. The molecular formula is C23H19ClN4O5S. The van der Waals surface area contributed by atoms with Gasteiger partial charge >= 0.3 is 0 Å².